The quantitative estimate of drug-likeness (QED) is 0.285. The van der Waals surface area contributed by atoms with Gasteiger partial charge in [-0.25, -0.2) is 0 Å². The summed E-state index contributed by atoms with van der Waals surface area (Å²) in [5, 5.41) is 8.25. The van der Waals surface area contributed by atoms with Crippen molar-refractivity contribution in [3.63, 3.8) is 0 Å². The van der Waals surface area contributed by atoms with Gasteiger partial charge in [-0.2, -0.15) is 0 Å². The van der Waals surface area contributed by atoms with Gasteiger partial charge in [-0.1, -0.05) is 41.4 Å². The highest BCUT2D eigenvalue weighted by Gasteiger charge is 2.11. The monoisotopic (exact) mass is 482 g/mol. The van der Waals surface area contributed by atoms with E-state index in [0.717, 1.165) is 0 Å². The number of carbonyl (C=O) groups excluding carboxylic acids is 2. The second-order valence-electron chi connectivity index (χ2n) is 6.64. The Morgan fingerprint density at radius 3 is 2.47 bits per heavy atom. The molecule has 160 valence electrons. The summed E-state index contributed by atoms with van der Waals surface area (Å²) < 4.78 is 5.75. The fourth-order valence-electron chi connectivity index (χ4n) is 2.90. The van der Waals surface area contributed by atoms with E-state index in [2.05, 4.69) is 10.6 Å². The number of nitrogens with one attached hydrogen (secondary N) is 2. The van der Waals surface area contributed by atoms with Gasteiger partial charge in [0.15, 0.2) is 0 Å². The molecule has 5 nitrogen and oxygen atoms in total. The Bertz CT molecular complexity index is 1300. The summed E-state index contributed by atoms with van der Waals surface area (Å²) in [6, 6.07) is 19.3. The first-order valence-corrected chi connectivity index (χ1v) is 11.1. The minimum absolute atomic E-state index is 0.197. The van der Waals surface area contributed by atoms with E-state index in [-0.39, 0.29) is 11.8 Å². The lowest BCUT2D eigenvalue weighted by Gasteiger charge is -2.07. The van der Waals surface area contributed by atoms with E-state index in [0.29, 0.717) is 43.4 Å². The second-order valence-corrected chi connectivity index (χ2v) is 8.37. The number of furan rings is 1. The zero-order chi connectivity index (χ0) is 22.5. The fourth-order valence-corrected chi connectivity index (χ4v) is 3.91. The molecule has 0 fully saturated rings. The smallest absolute Gasteiger partial charge is 0.265 e. The van der Waals surface area contributed by atoms with Gasteiger partial charge < -0.3 is 15.1 Å². The summed E-state index contributed by atoms with van der Waals surface area (Å²) in [5.74, 6) is 0.497. The highest BCUT2D eigenvalue weighted by atomic mass is 35.5. The van der Waals surface area contributed by atoms with E-state index in [1.165, 1.54) is 17.4 Å². The molecule has 8 heteroatoms. The number of benzene rings is 2. The molecule has 0 atom stereocenters. The van der Waals surface area contributed by atoms with Crippen LogP contribution in [0.4, 0.5) is 11.4 Å². The van der Waals surface area contributed by atoms with Crippen LogP contribution in [-0.2, 0) is 4.79 Å². The van der Waals surface area contributed by atoms with Gasteiger partial charge in [-0.15, -0.1) is 11.3 Å². The molecule has 2 aromatic heterocycles. The van der Waals surface area contributed by atoms with Crippen molar-refractivity contribution in [2.45, 2.75) is 0 Å². The van der Waals surface area contributed by atoms with Crippen LogP contribution in [0.2, 0.25) is 10.0 Å². The molecule has 0 aliphatic heterocycles. The summed E-state index contributed by atoms with van der Waals surface area (Å²) in [6.45, 7) is 0. The highest BCUT2D eigenvalue weighted by molar-refractivity contribution is 7.12. The predicted octanol–water partition coefficient (Wildman–Crippen LogP) is 7.22. The Morgan fingerprint density at radius 2 is 1.69 bits per heavy atom. The standard InChI is InChI=1S/C24H16Cl2N2O3S/c25-19-7-2-6-18(23(19)26)20-11-9-17(31-20)10-12-22(29)27-15-4-1-5-16(14-15)28-24(30)21-8-3-13-32-21/h1-14H,(H,27,29)(H,28,30). The first-order chi connectivity index (χ1) is 15.5. The Balaban J connectivity index is 1.39. The van der Waals surface area contributed by atoms with Gasteiger partial charge >= 0.3 is 0 Å². The molecular formula is C24H16Cl2N2O3S. The molecule has 2 heterocycles. The molecule has 0 aliphatic carbocycles. The molecule has 0 spiro atoms. The van der Waals surface area contributed by atoms with Gasteiger partial charge in [0.05, 0.1) is 14.9 Å². The predicted molar refractivity (Wildman–Crippen MR) is 131 cm³/mol. The van der Waals surface area contributed by atoms with Crippen LogP contribution in [0.15, 0.2) is 82.6 Å². The van der Waals surface area contributed by atoms with Gasteiger partial charge in [0, 0.05) is 23.0 Å². The molecule has 0 saturated carbocycles. The Morgan fingerprint density at radius 1 is 0.906 bits per heavy atom. The van der Waals surface area contributed by atoms with Crippen LogP contribution in [0.5, 0.6) is 0 Å². The molecule has 0 aliphatic rings. The zero-order valence-electron chi connectivity index (χ0n) is 16.5. The normalized spacial score (nSPS) is 10.9. The highest BCUT2D eigenvalue weighted by Crippen LogP contribution is 2.34. The van der Waals surface area contributed by atoms with Crippen LogP contribution in [0.3, 0.4) is 0 Å². The Hall–Kier alpha value is -3.32. The van der Waals surface area contributed by atoms with Crippen molar-refractivity contribution in [3.8, 4) is 11.3 Å². The van der Waals surface area contributed by atoms with E-state index in [1.54, 1.807) is 66.7 Å². The molecule has 0 bridgehead atoms. The lowest BCUT2D eigenvalue weighted by Crippen LogP contribution is -2.11. The average Bonchev–Trinajstić information content (AvgIpc) is 3.47. The SMILES string of the molecule is O=C(C=Cc1ccc(-c2cccc(Cl)c2Cl)o1)Nc1cccc(NC(=O)c2cccs2)c1. The van der Waals surface area contributed by atoms with Crippen molar-refractivity contribution in [3.05, 3.63) is 98.9 Å². The maximum absolute atomic E-state index is 12.3. The first-order valence-electron chi connectivity index (χ1n) is 9.48. The second kappa shape index (κ2) is 9.87. The molecule has 0 saturated heterocycles. The van der Waals surface area contributed by atoms with Gasteiger partial charge in [0.2, 0.25) is 5.91 Å². The minimum Gasteiger partial charge on any atom is -0.457 e. The number of hydrogen-bond acceptors (Lipinski definition) is 4. The van der Waals surface area contributed by atoms with Crippen molar-refractivity contribution in [1.82, 2.24) is 0 Å². The molecular weight excluding hydrogens is 467 g/mol. The number of halogens is 2. The van der Waals surface area contributed by atoms with Gasteiger partial charge in [-0.05, 0) is 60.0 Å². The maximum atomic E-state index is 12.3. The lowest BCUT2D eigenvalue weighted by molar-refractivity contribution is -0.111. The average molecular weight is 483 g/mol. The van der Waals surface area contributed by atoms with E-state index >= 15 is 0 Å². The van der Waals surface area contributed by atoms with Crippen LogP contribution >= 0.6 is 34.5 Å². The fraction of sp³-hybridized carbons (Fsp3) is 0. The molecule has 2 aromatic carbocycles. The Labute approximate surface area is 198 Å². The van der Waals surface area contributed by atoms with E-state index in [1.807, 2.05) is 11.4 Å². The number of amides is 2. The summed E-state index contributed by atoms with van der Waals surface area (Å²) in [7, 11) is 0. The summed E-state index contributed by atoms with van der Waals surface area (Å²) >= 11 is 13.6. The number of anilines is 2. The van der Waals surface area contributed by atoms with Crippen LogP contribution in [0.1, 0.15) is 15.4 Å². The summed E-state index contributed by atoms with van der Waals surface area (Å²) in [5.41, 5.74) is 1.80. The van der Waals surface area contributed by atoms with Crippen LogP contribution < -0.4 is 10.6 Å². The van der Waals surface area contributed by atoms with Gasteiger partial charge in [0.1, 0.15) is 11.5 Å². The van der Waals surface area contributed by atoms with Gasteiger partial charge in [-0.3, -0.25) is 9.59 Å². The lowest BCUT2D eigenvalue weighted by atomic mass is 10.2. The van der Waals surface area contributed by atoms with Crippen molar-refractivity contribution in [1.29, 1.82) is 0 Å². The van der Waals surface area contributed by atoms with Crippen molar-refractivity contribution in [2.24, 2.45) is 0 Å². The third kappa shape index (κ3) is 5.29. The number of carbonyl (C=O) groups is 2. The summed E-state index contributed by atoms with van der Waals surface area (Å²) in [6.07, 6.45) is 2.92. The molecule has 4 rings (SSSR count). The first kappa shape index (κ1) is 21.9. The van der Waals surface area contributed by atoms with Gasteiger partial charge in [0.25, 0.3) is 5.91 Å². The number of rotatable bonds is 6. The molecule has 2 N–H and O–H groups in total. The number of thiophene rings is 1. The third-order valence-electron chi connectivity index (χ3n) is 4.38. The van der Waals surface area contributed by atoms with E-state index in [4.69, 9.17) is 27.6 Å². The third-order valence-corrected chi connectivity index (χ3v) is 6.06. The van der Waals surface area contributed by atoms with Crippen molar-refractivity contribution < 1.29 is 14.0 Å². The molecule has 32 heavy (non-hydrogen) atoms. The molecule has 0 radical (unpaired) electrons. The van der Waals surface area contributed by atoms with Crippen LogP contribution in [0.25, 0.3) is 17.4 Å². The minimum atomic E-state index is -0.342. The maximum Gasteiger partial charge on any atom is 0.265 e. The van der Waals surface area contributed by atoms with Crippen molar-refractivity contribution in [2.75, 3.05) is 10.6 Å². The van der Waals surface area contributed by atoms with Crippen LogP contribution in [0, 0.1) is 0 Å². The molecule has 2 amide bonds. The largest absolute Gasteiger partial charge is 0.457 e. The summed E-state index contributed by atoms with van der Waals surface area (Å²) in [4.78, 5) is 25.1. The van der Waals surface area contributed by atoms with E-state index < -0.39 is 0 Å². The zero-order valence-corrected chi connectivity index (χ0v) is 18.8. The molecule has 4 aromatic rings. The Kier molecular flexibility index (Phi) is 6.75. The topological polar surface area (TPSA) is 71.3 Å². The molecule has 0 unspecified atom stereocenters. The van der Waals surface area contributed by atoms with Crippen molar-refractivity contribution >= 4 is 63.8 Å². The van der Waals surface area contributed by atoms with E-state index in [9.17, 15) is 9.59 Å². The van der Waals surface area contributed by atoms with Crippen LogP contribution in [-0.4, -0.2) is 11.8 Å². The number of hydrogen-bond donors (Lipinski definition) is 2.